The van der Waals surface area contributed by atoms with Crippen LogP contribution in [0.15, 0.2) is 0 Å². The fraction of sp³-hybridized carbons (Fsp3) is 0.857. The van der Waals surface area contributed by atoms with E-state index >= 15 is 0 Å². The van der Waals surface area contributed by atoms with E-state index in [0.29, 0.717) is 13.1 Å². The highest BCUT2D eigenvalue weighted by molar-refractivity contribution is 5.37. The standard InChI is InChI=1S/C7H10O5/c8-3-12-5-2-11-6-4(9)1-10-7(5)6/h3-7,9H,1-2H2/t4-,5+,6-,7-/m1/s1. The van der Waals surface area contributed by atoms with Gasteiger partial charge in [-0.05, 0) is 0 Å². The summed E-state index contributed by atoms with van der Waals surface area (Å²) in [6.45, 7) is 0.948. The molecule has 2 heterocycles. The first-order valence-corrected chi connectivity index (χ1v) is 3.83. The van der Waals surface area contributed by atoms with E-state index in [4.69, 9.17) is 14.2 Å². The summed E-state index contributed by atoms with van der Waals surface area (Å²) in [5.41, 5.74) is 0. The van der Waals surface area contributed by atoms with Crippen LogP contribution in [0.5, 0.6) is 0 Å². The van der Waals surface area contributed by atoms with Crippen molar-refractivity contribution >= 4 is 6.47 Å². The molecule has 0 spiro atoms. The lowest BCUT2D eigenvalue weighted by Crippen LogP contribution is -2.32. The first-order valence-electron chi connectivity index (χ1n) is 3.83. The normalized spacial score (nSPS) is 45.8. The van der Waals surface area contributed by atoms with Crippen LogP contribution < -0.4 is 0 Å². The number of fused-ring (bicyclic) bond motifs is 1. The average Bonchev–Trinajstić information content (AvgIpc) is 2.58. The lowest BCUT2D eigenvalue weighted by Gasteiger charge is -2.12. The zero-order valence-corrected chi connectivity index (χ0v) is 6.38. The molecule has 0 aromatic carbocycles. The third-order valence-corrected chi connectivity index (χ3v) is 2.21. The van der Waals surface area contributed by atoms with Crippen molar-refractivity contribution in [3.63, 3.8) is 0 Å². The van der Waals surface area contributed by atoms with E-state index in [0.717, 1.165) is 0 Å². The van der Waals surface area contributed by atoms with Gasteiger partial charge in [0.2, 0.25) is 0 Å². The van der Waals surface area contributed by atoms with Crippen LogP contribution in [0.4, 0.5) is 0 Å². The molecule has 68 valence electrons. The summed E-state index contributed by atoms with van der Waals surface area (Å²) in [5.74, 6) is 0. The van der Waals surface area contributed by atoms with Crippen molar-refractivity contribution < 1.29 is 24.1 Å². The van der Waals surface area contributed by atoms with E-state index < -0.39 is 6.10 Å². The molecule has 0 bridgehead atoms. The van der Waals surface area contributed by atoms with Crippen LogP contribution in [0, 0.1) is 0 Å². The van der Waals surface area contributed by atoms with Gasteiger partial charge in [0.15, 0.2) is 6.10 Å². The molecule has 12 heavy (non-hydrogen) atoms. The molecule has 2 aliphatic rings. The lowest BCUT2D eigenvalue weighted by molar-refractivity contribution is -0.138. The number of hydrogen-bond acceptors (Lipinski definition) is 5. The van der Waals surface area contributed by atoms with Crippen LogP contribution in [0.25, 0.3) is 0 Å². The Bertz CT molecular complexity index is 183. The third-order valence-electron chi connectivity index (χ3n) is 2.21. The second kappa shape index (κ2) is 3.01. The summed E-state index contributed by atoms with van der Waals surface area (Å²) in [6, 6.07) is 0. The molecule has 0 radical (unpaired) electrons. The second-order valence-corrected chi connectivity index (χ2v) is 2.93. The fourth-order valence-electron chi connectivity index (χ4n) is 1.63. The number of hydrogen-bond donors (Lipinski definition) is 1. The van der Waals surface area contributed by atoms with Crippen LogP contribution in [0.3, 0.4) is 0 Å². The number of rotatable bonds is 2. The first-order chi connectivity index (χ1) is 5.83. The van der Waals surface area contributed by atoms with Gasteiger partial charge in [0.05, 0.1) is 13.2 Å². The van der Waals surface area contributed by atoms with E-state index in [1.807, 2.05) is 0 Å². The molecule has 0 saturated carbocycles. The Labute approximate surface area is 69.2 Å². The molecule has 2 rings (SSSR count). The number of aliphatic hydroxyl groups is 1. The summed E-state index contributed by atoms with van der Waals surface area (Å²) in [4.78, 5) is 10.0. The zero-order valence-electron chi connectivity index (χ0n) is 6.38. The molecule has 0 aromatic rings. The molecular weight excluding hydrogens is 164 g/mol. The minimum absolute atomic E-state index is 0.258. The number of ether oxygens (including phenoxy) is 3. The Balaban J connectivity index is 2.00. The van der Waals surface area contributed by atoms with Gasteiger partial charge in [0, 0.05) is 0 Å². The van der Waals surface area contributed by atoms with Gasteiger partial charge in [-0.25, -0.2) is 0 Å². The molecular formula is C7H10O5. The van der Waals surface area contributed by atoms with Gasteiger partial charge in [-0.2, -0.15) is 0 Å². The van der Waals surface area contributed by atoms with Gasteiger partial charge in [-0.1, -0.05) is 0 Å². The maximum atomic E-state index is 10.0. The average molecular weight is 174 g/mol. The quantitative estimate of drug-likeness (QED) is 0.526. The molecule has 0 unspecified atom stereocenters. The van der Waals surface area contributed by atoms with Crippen molar-refractivity contribution in [1.82, 2.24) is 0 Å². The highest BCUT2D eigenvalue weighted by Crippen LogP contribution is 2.28. The number of carbonyl (C=O) groups excluding carboxylic acids is 1. The van der Waals surface area contributed by atoms with Gasteiger partial charge < -0.3 is 19.3 Å². The van der Waals surface area contributed by atoms with Gasteiger partial charge in [-0.3, -0.25) is 4.79 Å². The van der Waals surface area contributed by atoms with Crippen LogP contribution >= 0.6 is 0 Å². The zero-order chi connectivity index (χ0) is 8.55. The summed E-state index contributed by atoms with van der Waals surface area (Å²) in [6.07, 6.45) is -1.56. The van der Waals surface area contributed by atoms with Crippen molar-refractivity contribution in [3.05, 3.63) is 0 Å². The topological polar surface area (TPSA) is 65.0 Å². The molecule has 2 fully saturated rings. The highest BCUT2D eigenvalue weighted by atomic mass is 16.6. The molecule has 1 N–H and O–H groups in total. The van der Waals surface area contributed by atoms with Crippen LogP contribution in [0.2, 0.25) is 0 Å². The molecule has 5 nitrogen and oxygen atoms in total. The Kier molecular flexibility index (Phi) is 2.00. The van der Waals surface area contributed by atoms with Crippen molar-refractivity contribution in [3.8, 4) is 0 Å². The van der Waals surface area contributed by atoms with Crippen molar-refractivity contribution in [2.24, 2.45) is 0 Å². The van der Waals surface area contributed by atoms with E-state index in [2.05, 4.69) is 0 Å². The van der Waals surface area contributed by atoms with Gasteiger partial charge in [0.1, 0.15) is 18.3 Å². The molecule has 2 aliphatic heterocycles. The minimum atomic E-state index is -0.588. The van der Waals surface area contributed by atoms with Crippen molar-refractivity contribution in [2.45, 2.75) is 24.4 Å². The number of carbonyl (C=O) groups is 1. The van der Waals surface area contributed by atoms with E-state index in [1.54, 1.807) is 0 Å². The summed E-state index contributed by atoms with van der Waals surface area (Å²) < 4.78 is 15.1. The first kappa shape index (κ1) is 7.97. The predicted octanol–water partition coefficient (Wildman–Crippen LogP) is -1.31. The highest BCUT2D eigenvalue weighted by Gasteiger charge is 2.48. The molecule has 2 saturated heterocycles. The Morgan fingerprint density at radius 2 is 2.08 bits per heavy atom. The van der Waals surface area contributed by atoms with Crippen molar-refractivity contribution in [1.29, 1.82) is 0 Å². The largest absolute Gasteiger partial charge is 0.459 e. The van der Waals surface area contributed by atoms with Crippen LogP contribution in [0.1, 0.15) is 0 Å². The summed E-state index contributed by atoms with van der Waals surface area (Å²) in [5, 5.41) is 9.29. The van der Waals surface area contributed by atoms with Crippen molar-refractivity contribution in [2.75, 3.05) is 13.2 Å². The number of aliphatic hydroxyl groups excluding tert-OH is 1. The molecule has 0 amide bonds. The smallest absolute Gasteiger partial charge is 0.293 e. The van der Waals surface area contributed by atoms with E-state index in [9.17, 15) is 9.90 Å². The maximum absolute atomic E-state index is 10.0. The summed E-state index contributed by atoms with van der Waals surface area (Å²) >= 11 is 0. The van der Waals surface area contributed by atoms with Gasteiger partial charge in [0.25, 0.3) is 6.47 Å². The van der Waals surface area contributed by atoms with Gasteiger partial charge >= 0.3 is 0 Å². The molecule has 5 heteroatoms. The monoisotopic (exact) mass is 174 g/mol. The molecule has 0 aromatic heterocycles. The molecule has 0 aliphatic carbocycles. The fourth-order valence-corrected chi connectivity index (χ4v) is 1.63. The predicted molar refractivity (Wildman–Crippen MR) is 36.4 cm³/mol. The van der Waals surface area contributed by atoms with Crippen LogP contribution in [-0.2, 0) is 19.0 Å². The Hall–Kier alpha value is -0.650. The van der Waals surface area contributed by atoms with E-state index in [1.165, 1.54) is 0 Å². The summed E-state index contributed by atoms with van der Waals surface area (Å²) in [7, 11) is 0. The minimum Gasteiger partial charge on any atom is -0.459 e. The Morgan fingerprint density at radius 3 is 2.83 bits per heavy atom. The lowest BCUT2D eigenvalue weighted by atomic mass is 10.1. The SMILES string of the molecule is O=CO[C@H]1CO[C@H]2[C@@H]1OC[C@H]2O. The Morgan fingerprint density at radius 1 is 1.33 bits per heavy atom. The van der Waals surface area contributed by atoms with Gasteiger partial charge in [-0.15, -0.1) is 0 Å². The third kappa shape index (κ3) is 1.10. The maximum Gasteiger partial charge on any atom is 0.293 e. The second-order valence-electron chi connectivity index (χ2n) is 2.93. The van der Waals surface area contributed by atoms with E-state index in [-0.39, 0.29) is 24.9 Å². The molecule has 4 atom stereocenters. The van der Waals surface area contributed by atoms with Crippen LogP contribution in [-0.4, -0.2) is 49.2 Å².